The standard InChI is InChI=1S/C11H12S.C2H6/c1-2-9-5-3-7-11-10(9)6-4-8-12-11;1-2/h3-7H,2,8H2,1H3;1-2H3. The van der Waals surface area contributed by atoms with Crippen LogP contribution in [0.25, 0.3) is 6.08 Å². The molecule has 0 aliphatic carbocycles. The van der Waals surface area contributed by atoms with Crippen LogP contribution < -0.4 is 0 Å². The highest BCUT2D eigenvalue weighted by Crippen LogP contribution is 2.30. The Balaban J connectivity index is 0.000000461. The zero-order valence-corrected chi connectivity index (χ0v) is 10.0. The van der Waals surface area contributed by atoms with Crippen LogP contribution in [0.2, 0.25) is 0 Å². The van der Waals surface area contributed by atoms with Gasteiger partial charge in [-0.05, 0) is 23.6 Å². The van der Waals surface area contributed by atoms with Crippen molar-refractivity contribution < 1.29 is 0 Å². The van der Waals surface area contributed by atoms with E-state index in [1.807, 2.05) is 25.6 Å². The van der Waals surface area contributed by atoms with E-state index in [2.05, 4.69) is 37.3 Å². The molecule has 76 valence electrons. The molecule has 0 nitrogen and oxygen atoms in total. The average molecular weight is 206 g/mol. The van der Waals surface area contributed by atoms with E-state index in [9.17, 15) is 0 Å². The molecule has 1 heteroatoms. The first kappa shape index (κ1) is 11.4. The summed E-state index contributed by atoms with van der Waals surface area (Å²) in [5.74, 6) is 1.13. The van der Waals surface area contributed by atoms with Crippen LogP contribution in [0.4, 0.5) is 0 Å². The van der Waals surface area contributed by atoms with Crippen molar-refractivity contribution in [3.8, 4) is 0 Å². The van der Waals surface area contributed by atoms with Crippen LogP contribution in [-0.4, -0.2) is 5.75 Å². The summed E-state index contributed by atoms with van der Waals surface area (Å²) in [5.41, 5.74) is 2.91. The third kappa shape index (κ3) is 2.42. The maximum Gasteiger partial charge on any atom is 0.0164 e. The summed E-state index contributed by atoms with van der Waals surface area (Å²) < 4.78 is 0. The molecular weight excluding hydrogens is 188 g/mol. The highest BCUT2D eigenvalue weighted by molar-refractivity contribution is 7.99. The predicted octanol–water partition coefficient (Wildman–Crippen LogP) is 4.39. The maximum atomic E-state index is 2.25. The van der Waals surface area contributed by atoms with E-state index in [-0.39, 0.29) is 0 Å². The van der Waals surface area contributed by atoms with Gasteiger partial charge in [0.2, 0.25) is 0 Å². The van der Waals surface area contributed by atoms with Crippen LogP contribution in [0.1, 0.15) is 31.9 Å². The highest BCUT2D eigenvalue weighted by Gasteiger charge is 2.06. The van der Waals surface area contributed by atoms with Crippen molar-refractivity contribution in [2.24, 2.45) is 0 Å². The van der Waals surface area contributed by atoms with E-state index >= 15 is 0 Å². The first-order valence-electron chi connectivity index (χ1n) is 5.33. The molecule has 0 unspecified atom stereocenters. The fourth-order valence-corrected chi connectivity index (χ4v) is 2.42. The number of hydrogen-bond acceptors (Lipinski definition) is 1. The summed E-state index contributed by atoms with van der Waals surface area (Å²) in [4.78, 5) is 1.44. The maximum absolute atomic E-state index is 2.25. The van der Waals surface area contributed by atoms with Crippen LogP contribution in [0.15, 0.2) is 29.2 Å². The van der Waals surface area contributed by atoms with E-state index < -0.39 is 0 Å². The molecule has 0 atom stereocenters. The Bertz CT molecular complexity index is 313. The zero-order chi connectivity index (χ0) is 10.4. The largest absolute Gasteiger partial charge is 0.121 e. The number of benzene rings is 1. The van der Waals surface area contributed by atoms with Gasteiger partial charge in [-0.1, -0.05) is 45.1 Å². The average Bonchev–Trinajstić information content (AvgIpc) is 2.31. The molecule has 14 heavy (non-hydrogen) atoms. The minimum atomic E-state index is 1.13. The molecule has 0 aromatic heterocycles. The van der Waals surface area contributed by atoms with Crippen LogP contribution in [0, 0.1) is 0 Å². The Kier molecular flexibility index (Phi) is 4.81. The lowest BCUT2D eigenvalue weighted by molar-refractivity contribution is 1.11. The molecule has 1 aliphatic heterocycles. The molecule has 0 fully saturated rings. The van der Waals surface area contributed by atoms with Crippen LogP contribution in [-0.2, 0) is 6.42 Å². The van der Waals surface area contributed by atoms with E-state index in [1.165, 1.54) is 16.0 Å². The lowest BCUT2D eigenvalue weighted by Crippen LogP contribution is -1.92. The van der Waals surface area contributed by atoms with E-state index in [1.54, 1.807) is 0 Å². The topological polar surface area (TPSA) is 0 Å². The molecule has 2 rings (SSSR count). The van der Waals surface area contributed by atoms with Crippen LogP contribution in [0.3, 0.4) is 0 Å². The number of hydrogen-bond donors (Lipinski definition) is 0. The fraction of sp³-hybridized carbons (Fsp3) is 0.385. The van der Waals surface area contributed by atoms with Gasteiger partial charge in [0, 0.05) is 10.6 Å². The van der Waals surface area contributed by atoms with Crippen molar-refractivity contribution >= 4 is 17.8 Å². The summed E-state index contributed by atoms with van der Waals surface area (Å²) in [5, 5.41) is 0. The van der Waals surface area contributed by atoms with Gasteiger partial charge < -0.3 is 0 Å². The molecule has 0 N–H and O–H groups in total. The van der Waals surface area contributed by atoms with Gasteiger partial charge in [-0.25, -0.2) is 0 Å². The molecule has 0 bridgehead atoms. The Morgan fingerprint density at radius 2 is 2.07 bits per heavy atom. The lowest BCUT2D eigenvalue weighted by atomic mass is 10.0. The van der Waals surface area contributed by atoms with Crippen molar-refractivity contribution in [1.29, 1.82) is 0 Å². The first-order valence-corrected chi connectivity index (χ1v) is 6.31. The molecule has 1 aromatic carbocycles. The van der Waals surface area contributed by atoms with Gasteiger partial charge in [-0.2, -0.15) is 0 Å². The van der Waals surface area contributed by atoms with Crippen LogP contribution >= 0.6 is 11.8 Å². The number of thioether (sulfide) groups is 1. The fourth-order valence-electron chi connectivity index (χ4n) is 1.52. The van der Waals surface area contributed by atoms with Crippen molar-refractivity contribution in [3.63, 3.8) is 0 Å². The Labute approximate surface area is 91.4 Å². The van der Waals surface area contributed by atoms with E-state index in [0.717, 1.165) is 12.2 Å². The summed E-state index contributed by atoms with van der Waals surface area (Å²) in [6.45, 7) is 6.21. The summed E-state index contributed by atoms with van der Waals surface area (Å²) >= 11 is 1.93. The molecule has 0 saturated heterocycles. The van der Waals surface area contributed by atoms with Gasteiger partial charge in [0.15, 0.2) is 0 Å². The monoisotopic (exact) mass is 206 g/mol. The van der Waals surface area contributed by atoms with Gasteiger partial charge in [0.05, 0.1) is 0 Å². The Morgan fingerprint density at radius 1 is 1.29 bits per heavy atom. The number of aryl methyl sites for hydroxylation is 1. The molecule has 0 spiro atoms. The van der Waals surface area contributed by atoms with Gasteiger partial charge in [0.1, 0.15) is 0 Å². The Hall–Kier alpha value is -0.690. The summed E-state index contributed by atoms with van der Waals surface area (Å²) in [6, 6.07) is 6.58. The molecule has 1 heterocycles. The Morgan fingerprint density at radius 3 is 2.79 bits per heavy atom. The van der Waals surface area contributed by atoms with Crippen molar-refractivity contribution in [2.45, 2.75) is 32.1 Å². The summed E-state index contributed by atoms with van der Waals surface area (Å²) in [7, 11) is 0. The SMILES string of the molecule is CC.CCc1cccc2c1C=CCS2. The predicted molar refractivity (Wildman–Crippen MR) is 66.9 cm³/mol. The zero-order valence-electron chi connectivity index (χ0n) is 9.21. The second-order valence-corrected chi connectivity index (χ2v) is 3.96. The van der Waals surface area contributed by atoms with Crippen molar-refractivity contribution in [2.75, 3.05) is 5.75 Å². The minimum absolute atomic E-state index is 1.13. The minimum Gasteiger partial charge on any atom is -0.121 e. The smallest absolute Gasteiger partial charge is 0.0164 e. The van der Waals surface area contributed by atoms with Gasteiger partial charge in [0.25, 0.3) is 0 Å². The van der Waals surface area contributed by atoms with Gasteiger partial charge >= 0.3 is 0 Å². The van der Waals surface area contributed by atoms with Gasteiger partial charge in [-0.15, -0.1) is 11.8 Å². The molecule has 0 amide bonds. The normalized spacial score (nSPS) is 12.8. The van der Waals surface area contributed by atoms with Crippen molar-refractivity contribution in [1.82, 2.24) is 0 Å². The number of fused-ring (bicyclic) bond motifs is 1. The third-order valence-electron chi connectivity index (χ3n) is 2.16. The number of rotatable bonds is 1. The molecular formula is C13H18S. The van der Waals surface area contributed by atoms with Crippen molar-refractivity contribution in [3.05, 3.63) is 35.4 Å². The second kappa shape index (κ2) is 5.92. The molecule has 0 saturated carbocycles. The first-order chi connectivity index (χ1) is 6.92. The lowest BCUT2D eigenvalue weighted by Gasteiger charge is -2.12. The van der Waals surface area contributed by atoms with Gasteiger partial charge in [-0.3, -0.25) is 0 Å². The summed E-state index contributed by atoms with van der Waals surface area (Å²) in [6.07, 6.45) is 5.63. The van der Waals surface area contributed by atoms with Crippen LogP contribution in [0.5, 0.6) is 0 Å². The molecule has 1 aromatic rings. The third-order valence-corrected chi connectivity index (χ3v) is 3.18. The molecule has 0 radical (unpaired) electrons. The van der Waals surface area contributed by atoms with E-state index in [0.29, 0.717) is 0 Å². The van der Waals surface area contributed by atoms with E-state index in [4.69, 9.17) is 0 Å². The quantitative estimate of drug-likeness (QED) is 0.656. The molecule has 1 aliphatic rings. The second-order valence-electron chi connectivity index (χ2n) is 2.90. The highest BCUT2D eigenvalue weighted by atomic mass is 32.2.